The van der Waals surface area contributed by atoms with Crippen molar-refractivity contribution in [3.05, 3.63) is 28.7 Å². The topological polar surface area (TPSA) is 24.5 Å². The summed E-state index contributed by atoms with van der Waals surface area (Å²) in [4.78, 5) is 2.35. The Morgan fingerprint density at radius 3 is 2.61 bits per heavy atom. The molecule has 3 nitrogen and oxygen atoms in total. The standard InChI is InChI=1S/C14H17BrN2O/c15-13-3-5-14(6-4-13)18-12-2-1-9-17-10-7-16-8-11-17/h3-6,16H,7-12H2. The molecule has 0 unspecified atom stereocenters. The van der Waals surface area contributed by atoms with Crippen LogP contribution in [0.5, 0.6) is 5.75 Å². The highest BCUT2D eigenvalue weighted by Gasteiger charge is 2.06. The van der Waals surface area contributed by atoms with Crippen LogP contribution >= 0.6 is 15.9 Å². The van der Waals surface area contributed by atoms with Crippen LogP contribution < -0.4 is 10.1 Å². The van der Waals surface area contributed by atoms with Crippen molar-refractivity contribution in [3.8, 4) is 17.6 Å². The highest BCUT2D eigenvalue weighted by molar-refractivity contribution is 9.10. The lowest BCUT2D eigenvalue weighted by Crippen LogP contribution is -2.43. The van der Waals surface area contributed by atoms with Crippen molar-refractivity contribution in [1.82, 2.24) is 10.2 Å². The van der Waals surface area contributed by atoms with E-state index in [2.05, 4.69) is 38.0 Å². The molecule has 1 aliphatic rings. The van der Waals surface area contributed by atoms with E-state index in [9.17, 15) is 0 Å². The van der Waals surface area contributed by atoms with Gasteiger partial charge in [0.1, 0.15) is 12.4 Å². The molecule has 0 atom stereocenters. The van der Waals surface area contributed by atoms with E-state index in [1.165, 1.54) is 0 Å². The molecule has 0 bridgehead atoms. The molecule has 0 saturated carbocycles. The van der Waals surface area contributed by atoms with E-state index in [4.69, 9.17) is 4.74 Å². The van der Waals surface area contributed by atoms with Gasteiger partial charge in [0.05, 0.1) is 6.54 Å². The second-order valence-corrected chi connectivity index (χ2v) is 5.04. The molecule has 0 spiro atoms. The molecule has 0 radical (unpaired) electrons. The molecule has 2 rings (SSSR count). The molecule has 4 heteroatoms. The van der Waals surface area contributed by atoms with Gasteiger partial charge >= 0.3 is 0 Å². The number of nitrogens with one attached hydrogen (secondary N) is 1. The van der Waals surface area contributed by atoms with Gasteiger partial charge in [0.2, 0.25) is 0 Å². The van der Waals surface area contributed by atoms with Gasteiger partial charge in [0.15, 0.2) is 0 Å². The average Bonchev–Trinajstić information content (AvgIpc) is 2.42. The molecule has 18 heavy (non-hydrogen) atoms. The van der Waals surface area contributed by atoms with Gasteiger partial charge < -0.3 is 10.1 Å². The minimum Gasteiger partial charge on any atom is -0.481 e. The van der Waals surface area contributed by atoms with E-state index >= 15 is 0 Å². The van der Waals surface area contributed by atoms with Gasteiger partial charge in [-0.1, -0.05) is 27.8 Å². The Morgan fingerprint density at radius 1 is 1.17 bits per heavy atom. The molecule has 0 aliphatic carbocycles. The van der Waals surface area contributed by atoms with Crippen LogP contribution in [0.25, 0.3) is 0 Å². The lowest BCUT2D eigenvalue weighted by Gasteiger charge is -2.24. The number of nitrogens with zero attached hydrogens (tertiary/aromatic N) is 1. The third-order valence-electron chi connectivity index (χ3n) is 2.76. The molecule has 1 aliphatic heterocycles. The smallest absolute Gasteiger partial charge is 0.149 e. The fourth-order valence-corrected chi connectivity index (χ4v) is 2.00. The van der Waals surface area contributed by atoms with Crippen LogP contribution in [0.4, 0.5) is 0 Å². The zero-order valence-corrected chi connectivity index (χ0v) is 11.9. The van der Waals surface area contributed by atoms with Crippen LogP contribution in [0.15, 0.2) is 28.7 Å². The maximum absolute atomic E-state index is 5.53. The summed E-state index contributed by atoms with van der Waals surface area (Å²) in [5.41, 5.74) is 0. The number of benzene rings is 1. The van der Waals surface area contributed by atoms with Crippen molar-refractivity contribution in [2.45, 2.75) is 0 Å². The third kappa shape index (κ3) is 4.69. The van der Waals surface area contributed by atoms with Crippen molar-refractivity contribution in [2.75, 3.05) is 39.3 Å². The first kappa shape index (κ1) is 13.4. The third-order valence-corrected chi connectivity index (χ3v) is 3.29. The molecule has 0 aromatic heterocycles. The highest BCUT2D eigenvalue weighted by atomic mass is 79.9. The highest BCUT2D eigenvalue weighted by Crippen LogP contribution is 2.15. The summed E-state index contributed by atoms with van der Waals surface area (Å²) in [5.74, 6) is 7.06. The Morgan fingerprint density at radius 2 is 1.89 bits per heavy atom. The monoisotopic (exact) mass is 308 g/mol. The number of ether oxygens (including phenoxy) is 1. The number of rotatable bonds is 3. The van der Waals surface area contributed by atoms with Crippen LogP contribution in [0.3, 0.4) is 0 Å². The van der Waals surface area contributed by atoms with E-state index in [0.29, 0.717) is 6.61 Å². The van der Waals surface area contributed by atoms with Gasteiger partial charge in [0, 0.05) is 30.7 Å². The second kappa shape index (κ2) is 7.42. The first-order valence-electron chi connectivity index (χ1n) is 6.12. The first-order chi connectivity index (χ1) is 8.84. The van der Waals surface area contributed by atoms with E-state index in [1.807, 2.05) is 24.3 Å². The van der Waals surface area contributed by atoms with Gasteiger partial charge in [-0.15, -0.1) is 0 Å². The Kier molecular flexibility index (Phi) is 5.53. The molecular weight excluding hydrogens is 292 g/mol. The number of hydrogen-bond donors (Lipinski definition) is 1. The van der Waals surface area contributed by atoms with Gasteiger partial charge in [0.25, 0.3) is 0 Å². The average molecular weight is 309 g/mol. The Balaban J connectivity index is 1.67. The Labute approximate surface area is 117 Å². The molecule has 96 valence electrons. The number of halogens is 1. The summed E-state index contributed by atoms with van der Waals surface area (Å²) in [6.07, 6.45) is 0. The molecule has 1 aromatic carbocycles. The van der Waals surface area contributed by atoms with E-state index < -0.39 is 0 Å². The van der Waals surface area contributed by atoms with E-state index in [0.717, 1.165) is 42.9 Å². The van der Waals surface area contributed by atoms with Gasteiger partial charge in [-0.05, 0) is 24.3 Å². The Hall–Kier alpha value is -1.02. The van der Waals surface area contributed by atoms with Gasteiger partial charge in [-0.3, -0.25) is 4.90 Å². The van der Waals surface area contributed by atoms with Crippen molar-refractivity contribution in [1.29, 1.82) is 0 Å². The first-order valence-corrected chi connectivity index (χ1v) is 6.91. The number of hydrogen-bond acceptors (Lipinski definition) is 3. The summed E-state index contributed by atoms with van der Waals surface area (Å²) in [6, 6.07) is 7.79. The summed E-state index contributed by atoms with van der Waals surface area (Å²) >= 11 is 3.39. The molecule has 0 amide bonds. The van der Waals surface area contributed by atoms with Crippen LogP contribution in [-0.4, -0.2) is 44.2 Å². The van der Waals surface area contributed by atoms with Crippen LogP contribution in [-0.2, 0) is 0 Å². The zero-order valence-electron chi connectivity index (χ0n) is 10.3. The lowest BCUT2D eigenvalue weighted by atomic mass is 10.3. The summed E-state index contributed by atoms with van der Waals surface area (Å²) in [6.45, 7) is 5.59. The van der Waals surface area contributed by atoms with Gasteiger partial charge in [-0.2, -0.15) is 0 Å². The van der Waals surface area contributed by atoms with E-state index in [1.54, 1.807) is 0 Å². The molecule has 1 N–H and O–H groups in total. The van der Waals surface area contributed by atoms with Crippen molar-refractivity contribution in [2.24, 2.45) is 0 Å². The second-order valence-electron chi connectivity index (χ2n) is 4.12. The molecular formula is C14H17BrN2O. The minimum absolute atomic E-state index is 0.452. The normalized spacial score (nSPS) is 15.8. The predicted molar refractivity (Wildman–Crippen MR) is 76.7 cm³/mol. The summed E-state index contributed by atoms with van der Waals surface area (Å²) in [5, 5.41) is 3.32. The van der Waals surface area contributed by atoms with Crippen molar-refractivity contribution in [3.63, 3.8) is 0 Å². The maximum Gasteiger partial charge on any atom is 0.149 e. The molecule has 1 saturated heterocycles. The zero-order chi connectivity index (χ0) is 12.6. The van der Waals surface area contributed by atoms with Gasteiger partial charge in [-0.25, -0.2) is 0 Å². The fourth-order valence-electron chi connectivity index (χ4n) is 1.74. The summed E-state index contributed by atoms with van der Waals surface area (Å²) in [7, 11) is 0. The van der Waals surface area contributed by atoms with Crippen molar-refractivity contribution >= 4 is 15.9 Å². The summed E-state index contributed by atoms with van der Waals surface area (Å²) < 4.78 is 6.58. The quantitative estimate of drug-likeness (QED) is 0.861. The lowest BCUT2D eigenvalue weighted by molar-refractivity contribution is 0.268. The number of piperazine rings is 1. The molecule has 1 heterocycles. The van der Waals surface area contributed by atoms with E-state index in [-0.39, 0.29) is 0 Å². The minimum atomic E-state index is 0.452. The predicted octanol–water partition coefficient (Wildman–Crippen LogP) is 1.74. The maximum atomic E-state index is 5.53. The van der Waals surface area contributed by atoms with Crippen LogP contribution in [0.2, 0.25) is 0 Å². The largest absolute Gasteiger partial charge is 0.481 e. The van der Waals surface area contributed by atoms with Crippen LogP contribution in [0, 0.1) is 11.8 Å². The Bertz CT molecular complexity index is 416. The molecule has 1 fully saturated rings. The SMILES string of the molecule is Brc1ccc(OCC#CCN2CCNCC2)cc1. The fraction of sp³-hybridized carbons (Fsp3) is 0.429. The van der Waals surface area contributed by atoms with Crippen molar-refractivity contribution < 1.29 is 4.74 Å². The van der Waals surface area contributed by atoms with Crippen LogP contribution in [0.1, 0.15) is 0 Å². The molecule has 1 aromatic rings.